The molecule has 11 heteroatoms. The first-order valence-electron chi connectivity index (χ1n) is 10.8. The van der Waals surface area contributed by atoms with Crippen molar-refractivity contribution in [2.75, 3.05) is 33.4 Å². The maximum atomic E-state index is 12.5. The minimum absolute atomic E-state index is 0.00489. The fraction of sp³-hybridized carbons (Fsp3) is 0.304. The van der Waals surface area contributed by atoms with E-state index in [0.717, 1.165) is 17.7 Å². The second-order valence-corrected chi connectivity index (χ2v) is 9.83. The van der Waals surface area contributed by atoms with Crippen LogP contribution in [-0.2, 0) is 14.8 Å². The summed E-state index contributed by atoms with van der Waals surface area (Å²) in [4.78, 5) is 11.7. The van der Waals surface area contributed by atoms with Crippen molar-refractivity contribution in [1.29, 1.82) is 0 Å². The number of rotatable bonds is 8. The van der Waals surface area contributed by atoms with Gasteiger partial charge in [-0.3, -0.25) is 0 Å². The Labute approximate surface area is 196 Å². The minimum atomic E-state index is -3.55. The molecule has 0 saturated carbocycles. The molecule has 10 nitrogen and oxygen atoms in total. The summed E-state index contributed by atoms with van der Waals surface area (Å²) in [6.07, 6.45) is 1.94. The van der Waals surface area contributed by atoms with Gasteiger partial charge in [0, 0.05) is 30.4 Å². The summed E-state index contributed by atoms with van der Waals surface area (Å²) in [7, 11) is -1.98. The number of hydrogen-bond acceptors (Lipinski definition) is 8. The van der Waals surface area contributed by atoms with Gasteiger partial charge in [-0.25, -0.2) is 18.4 Å². The fourth-order valence-electron chi connectivity index (χ4n) is 3.63. The monoisotopic (exact) mass is 484 g/mol. The molecule has 0 spiro atoms. The van der Waals surface area contributed by atoms with Gasteiger partial charge in [-0.15, -0.1) is 0 Å². The molecule has 1 saturated heterocycles. The molecule has 3 aromatic rings. The van der Waals surface area contributed by atoms with Crippen molar-refractivity contribution in [2.24, 2.45) is 4.99 Å². The Hall–Kier alpha value is -3.41. The van der Waals surface area contributed by atoms with Crippen LogP contribution >= 0.6 is 0 Å². The molecule has 1 atom stereocenters. The maximum Gasteiger partial charge on any atom is 0.260 e. The van der Waals surface area contributed by atoms with Crippen LogP contribution in [-0.4, -0.2) is 73.2 Å². The highest BCUT2D eigenvalue weighted by Crippen LogP contribution is 2.32. The topological polar surface area (TPSA) is 126 Å². The third-order valence-corrected chi connectivity index (χ3v) is 7.44. The number of benzene rings is 1. The van der Waals surface area contributed by atoms with Crippen molar-refractivity contribution < 1.29 is 27.7 Å². The standard InChI is InChI=1S/C23H24N4O6S/c1-31-17-9-15(20-4-5-21(26-20)23-25-13-19(14-28)33-23)10-18(11-17)32-16-3-6-22(24-12-16)34(29,30)27-7-2-8-27/h3-6,9-12,19,26,28H,2,7-8,13-14H2,1H3/t19-/m1/s1. The van der Waals surface area contributed by atoms with Crippen molar-refractivity contribution in [2.45, 2.75) is 17.6 Å². The van der Waals surface area contributed by atoms with E-state index < -0.39 is 10.0 Å². The quantitative estimate of drug-likeness (QED) is 0.503. The van der Waals surface area contributed by atoms with Crippen molar-refractivity contribution in [3.05, 3.63) is 54.4 Å². The molecule has 2 aromatic heterocycles. The Kier molecular flexibility index (Phi) is 5.98. The summed E-state index contributed by atoms with van der Waals surface area (Å²) in [5, 5.41) is 9.25. The number of methoxy groups -OCH3 is 1. The number of sulfonamides is 1. The lowest BCUT2D eigenvalue weighted by Gasteiger charge is -2.29. The Bertz CT molecular complexity index is 1320. The molecular weight excluding hydrogens is 460 g/mol. The number of aliphatic hydroxyl groups excluding tert-OH is 1. The lowest BCUT2D eigenvalue weighted by atomic mass is 10.1. The third kappa shape index (κ3) is 4.37. The third-order valence-electron chi connectivity index (χ3n) is 5.63. The Balaban J connectivity index is 1.36. The molecule has 4 heterocycles. The van der Waals surface area contributed by atoms with Gasteiger partial charge in [0.1, 0.15) is 29.0 Å². The van der Waals surface area contributed by atoms with E-state index in [4.69, 9.17) is 14.2 Å². The van der Waals surface area contributed by atoms with Gasteiger partial charge in [-0.2, -0.15) is 4.31 Å². The zero-order valence-electron chi connectivity index (χ0n) is 18.5. The smallest absolute Gasteiger partial charge is 0.260 e. The highest BCUT2D eigenvalue weighted by atomic mass is 32.2. The average Bonchev–Trinajstić information content (AvgIpc) is 3.47. The SMILES string of the molecule is COc1cc(Oc2ccc(S(=O)(=O)N3CCC3)nc2)cc(-c2ccc(C3=NC[C@H](CO)O3)[nH]2)c1. The van der Waals surface area contributed by atoms with E-state index in [0.29, 0.717) is 48.5 Å². The van der Waals surface area contributed by atoms with E-state index in [1.807, 2.05) is 24.3 Å². The second-order valence-electron chi connectivity index (χ2n) is 7.94. The van der Waals surface area contributed by atoms with Crippen LogP contribution in [0.2, 0.25) is 0 Å². The number of ether oxygens (including phenoxy) is 3. The molecular formula is C23H24N4O6S. The van der Waals surface area contributed by atoms with Crippen LogP contribution in [0.15, 0.2) is 58.7 Å². The first-order chi connectivity index (χ1) is 16.5. The molecule has 1 aromatic carbocycles. The Morgan fingerprint density at radius 1 is 1.12 bits per heavy atom. The number of pyridine rings is 1. The minimum Gasteiger partial charge on any atom is -0.497 e. The van der Waals surface area contributed by atoms with Gasteiger partial charge >= 0.3 is 0 Å². The van der Waals surface area contributed by atoms with E-state index in [2.05, 4.69) is 15.0 Å². The van der Waals surface area contributed by atoms with Crippen LogP contribution in [0.1, 0.15) is 12.1 Å². The van der Waals surface area contributed by atoms with Crippen molar-refractivity contribution in [1.82, 2.24) is 14.3 Å². The van der Waals surface area contributed by atoms with Gasteiger partial charge in [0.05, 0.1) is 26.5 Å². The molecule has 34 heavy (non-hydrogen) atoms. The number of aliphatic imine (C=N–C) groups is 1. The van der Waals surface area contributed by atoms with Crippen LogP contribution in [0, 0.1) is 0 Å². The molecule has 178 valence electrons. The van der Waals surface area contributed by atoms with Crippen LogP contribution in [0.3, 0.4) is 0 Å². The molecule has 0 aliphatic carbocycles. The molecule has 1 fully saturated rings. The Morgan fingerprint density at radius 2 is 1.91 bits per heavy atom. The predicted octanol–water partition coefficient (Wildman–Crippen LogP) is 2.41. The Morgan fingerprint density at radius 3 is 2.56 bits per heavy atom. The van der Waals surface area contributed by atoms with E-state index in [9.17, 15) is 13.5 Å². The molecule has 0 unspecified atom stereocenters. The molecule has 0 bridgehead atoms. The van der Waals surface area contributed by atoms with Gasteiger partial charge in [0.25, 0.3) is 10.0 Å². The number of aromatic amines is 1. The lowest BCUT2D eigenvalue weighted by Crippen LogP contribution is -2.42. The number of nitrogens with one attached hydrogen (secondary N) is 1. The van der Waals surface area contributed by atoms with Gasteiger partial charge in [0.2, 0.25) is 5.90 Å². The normalized spacial score (nSPS) is 18.2. The maximum absolute atomic E-state index is 12.5. The number of aliphatic hydroxyl groups is 1. The van der Waals surface area contributed by atoms with Gasteiger partial charge in [-0.05, 0) is 42.8 Å². The zero-order chi connectivity index (χ0) is 23.7. The van der Waals surface area contributed by atoms with E-state index in [1.54, 1.807) is 19.2 Å². The summed E-state index contributed by atoms with van der Waals surface area (Å²) in [6, 6.07) is 12.2. The van der Waals surface area contributed by atoms with Gasteiger partial charge in [-0.1, -0.05) is 0 Å². The van der Waals surface area contributed by atoms with Crippen molar-refractivity contribution >= 4 is 15.9 Å². The van der Waals surface area contributed by atoms with E-state index in [1.165, 1.54) is 16.6 Å². The highest BCUT2D eigenvalue weighted by Gasteiger charge is 2.30. The molecule has 0 amide bonds. The summed E-state index contributed by atoms with van der Waals surface area (Å²) < 4.78 is 43.3. The van der Waals surface area contributed by atoms with Crippen LogP contribution in [0.4, 0.5) is 0 Å². The number of aromatic nitrogens is 2. The number of nitrogens with zero attached hydrogens (tertiary/aromatic N) is 3. The first-order valence-corrected chi connectivity index (χ1v) is 12.2. The predicted molar refractivity (Wildman–Crippen MR) is 124 cm³/mol. The van der Waals surface area contributed by atoms with E-state index in [-0.39, 0.29) is 17.7 Å². The highest BCUT2D eigenvalue weighted by molar-refractivity contribution is 7.89. The molecule has 0 radical (unpaired) electrons. The largest absolute Gasteiger partial charge is 0.497 e. The van der Waals surface area contributed by atoms with Crippen molar-refractivity contribution in [3.8, 4) is 28.5 Å². The average molecular weight is 485 g/mol. The van der Waals surface area contributed by atoms with Gasteiger partial charge < -0.3 is 24.3 Å². The first kappa shape index (κ1) is 22.4. The zero-order valence-corrected chi connectivity index (χ0v) is 19.3. The van der Waals surface area contributed by atoms with Crippen LogP contribution < -0.4 is 9.47 Å². The fourth-order valence-corrected chi connectivity index (χ4v) is 5.06. The molecule has 5 rings (SSSR count). The lowest BCUT2D eigenvalue weighted by molar-refractivity contribution is 0.130. The summed E-state index contributed by atoms with van der Waals surface area (Å²) in [5.74, 6) is 1.95. The number of H-pyrrole nitrogens is 1. The molecule has 2 aliphatic rings. The molecule has 2 aliphatic heterocycles. The van der Waals surface area contributed by atoms with Crippen LogP contribution in [0.25, 0.3) is 11.3 Å². The number of hydrogen-bond donors (Lipinski definition) is 2. The summed E-state index contributed by atoms with van der Waals surface area (Å²) >= 11 is 0. The second kappa shape index (κ2) is 9.09. The van der Waals surface area contributed by atoms with E-state index >= 15 is 0 Å². The van der Waals surface area contributed by atoms with Crippen molar-refractivity contribution in [3.63, 3.8) is 0 Å². The molecule has 2 N–H and O–H groups in total. The van der Waals surface area contributed by atoms with Crippen LogP contribution in [0.5, 0.6) is 17.2 Å². The summed E-state index contributed by atoms with van der Waals surface area (Å²) in [5.41, 5.74) is 2.31. The van der Waals surface area contributed by atoms with Gasteiger partial charge in [0.15, 0.2) is 5.03 Å². The summed E-state index contributed by atoms with van der Waals surface area (Å²) in [6.45, 7) is 1.38.